The zero-order chi connectivity index (χ0) is 16.6. The van der Waals surface area contributed by atoms with Gasteiger partial charge in [0.05, 0.1) is 4.90 Å². The molecule has 0 radical (unpaired) electrons. The second-order valence-corrected chi connectivity index (χ2v) is 6.91. The van der Waals surface area contributed by atoms with E-state index < -0.39 is 10.0 Å². The van der Waals surface area contributed by atoms with Crippen LogP contribution in [0.1, 0.15) is 25.3 Å². The lowest BCUT2D eigenvalue weighted by atomic mass is 10.2. The standard InChI is InChI=1S/C15H26N4O2S/c1-5-6-11-19(4)15(16-2)18-12-13-7-9-14(10-8-13)22(20,21)17-3/h7-10,17H,5-6,11-12H2,1-4H3,(H,16,18). The zero-order valence-electron chi connectivity index (χ0n) is 13.8. The third-order valence-electron chi connectivity index (χ3n) is 3.37. The molecule has 0 saturated carbocycles. The minimum Gasteiger partial charge on any atom is -0.352 e. The van der Waals surface area contributed by atoms with Gasteiger partial charge >= 0.3 is 0 Å². The summed E-state index contributed by atoms with van der Waals surface area (Å²) in [5.74, 6) is 0.834. The quantitative estimate of drug-likeness (QED) is 0.587. The molecule has 0 unspecified atom stereocenters. The zero-order valence-corrected chi connectivity index (χ0v) is 14.6. The second-order valence-electron chi connectivity index (χ2n) is 5.03. The first kappa shape index (κ1) is 18.4. The Morgan fingerprint density at radius 2 is 1.91 bits per heavy atom. The van der Waals surface area contributed by atoms with E-state index in [0.29, 0.717) is 6.54 Å². The minimum absolute atomic E-state index is 0.267. The van der Waals surface area contributed by atoms with Gasteiger partial charge < -0.3 is 10.2 Å². The van der Waals surface area contributed by atoms with Gasteiger partial charge in [-0.25, -0.2) is 13.1 Å². The summed E-state index contributed by atoms with van der Waals surface area (Å²) >= 11 is 0. The van der Waals surface area contributed by atoms with E-state index in [1.165, 1.54) is 7.05 Å². The number of guanidine groups is 1. The first-order valence-electron chi connectivity index (χ1n) is 7.39. The van der Waals surface area contributed by atoms with E-state index in [-0.39, 0.29) is 4.90 Å². The normalized spacial score (nSPS) is 12.3. The monoisotopic (exact) mass is 326 g/mol. The lowest BCUT2D eigenvalue weighted by Gasteiger charge is -2.21. The van der Waals surface area contributed by atoms with Gasteiger partial charge in [0.2, 0.25) is 10.0 Å². The number of nitrogens with one attached hydrogen (secondary N) is 2. The fraction of sp³-hybridized carbons (Fsp3) is 0.533. The summed E-state index contributed by atoms with van der Waals surface area (Å²) in [4.78, 5) is 6.61. The van der Waals surface area contributed by atoms with E-state index in [1.54, 1.807) is 31.3 Å². The molecule has 0 spiro atoms. The van der Waals surface area contributed by atoms with Crippen LogP contribution in [0.3, 0.4) is 0 Å². The molecule has 0 bridgehead atoms. The van der Waals surface area contributed by atoms with Crippen LogP contribution in [0, 0.1) is 0 Å². The number of nitrogens with zero attached hydrogens (tertiary/aromatic N) is 2. The van der Waals surface area contributed by atoms with Gasteiger partial charge in [0.25, 0.3) is 0 Å². The second kappa shape index (κ2) is 8.75. The van der Waals surface area contributed by atoms with Crippen LogP contribution in [0.5, 0.6) is 0 Å². The molecule has 124 valence electrons. The molecule has 2 N–H and O–H groups in total. The van der Waals surface area contributed by atoms with Crippen molar-refractivity contribution in [2.45, 2.75) is 31.2 Å². The van der Waals surface area contributed by atoms with Crippen molar-refractivity contribution in [1.82, 2.24) is 14.9 Å². The Hall–Kier alpha value is -1.60. The maximum Gasteiger partial charge on any atom is 0.240 e. The van der Waals surface area contributed by atoms with Gasteiger partial charge in [-0.05, 0) is 31.2 Å². The minimum atomic E-state index is -3.38. The van der Waals surface area contributed by atoms with Crippen molar-refractivity contribution in [2.75, 3.05) is 27.7 Å². The van der Waals surface area contributed by atoms with E-state index in [0.717, 1.165) is 30.9 Å². The fourth-order valence-corrected chi connectivity index (χ4v) is 2.70. The summed E-state index contributed by atoms with van der Waals surface area (Å²) in [7, 11) is 1.79. The Bertz CT molecular complexity index is 582. The van der Waals surface area contributed by atoms with Gasteiger partial charge in [0, 0.05) is 27.2 Å². The van der Waals surface area contributed by atoms with Crippen molar-refractivity contribution in [2.24, 2.45) is 4.99 Å². The molecule has 0 heterocycles. The fourth-order valence-electron chi connectivity index (χ4n) is 1.97. The average Bonchev–Trinajstić information content (AvgIpc) is 2.53. The smallest absolute Gasteiger partial charge is 0.240 e. The van der Waals surface area contributed by atoms with Crippen LogP contribution in [0.15, 0.2) is 34.2 Å². The molecular formula is C15H26N4O2S. The molecule has 0 amide bonds. The molecule has 0 aromatic heterocycles. The molecule has 1 aromatic carbocycles. The SMILES string of the molecule is CCCCN(C)C(=NC)NCc1ccc(S(=O)(=O)NC)cc1. The molecule has 6 nitrogen and oxygen atoms in total. The predicted octanol–water partition coefficient (Wildman–Crippen LogP) is 1.40. The lowest BCUT2D eigenvalue weighted by molar-refractivity contribution is 0.464. The Kier molecular flexibility index (Phi) is 7.34. The van der Waals surface area contributed by atoms with Crippen molar-refractivity contribution < 1.29 is 8.42 Å². The Morgan fingerprint density at radius 3 is 2.41 bits per heavy atom. The molecule has 0 aliphatic rings. The summed E-state index contributed by atoms with van der Waals surface area (Å²) in [5, 5.41) is 3.28. The van der Waals surface area contributed by atoms with E-state index in [4.69, 9.17) is 0 Å². The Labute approximate surface area is 133 Å². The van der Waals surface area contributed by atoms with Gasteiger partial charge in [-0.1, -0.05) is 25.5 Å². The average molecular weight is 326 g/mol. The maximum atomic E-state index is 11.7. The third-order valence-corrected chi connectivity index (χ3v) is 4.80. The molecule has 22 heavy (non-hydrogen) atoms. The topological polar surface area (TPSA) is 73.8 Å². The summed E-state index contributed by atoms with van der Waals surface area (Å²) in [6, 6.07) is 6.81. The number of hydrogen-bond donors (Lipinski definition) is 2. The number of benzene rings is 1. The lowest BCUT2D eigenvalue weighted by Crippen LogP contribution is -2.38. The van der Waals surface area contributed by atoms with Gasteiger partial charge in [0.1, 0.15) is 0 Å². The highest BCUT2D eigenvalue weighted by atomic mass is 32.2. The molecule has 0 aliphatic carbocycles. The van der Waals surface area contributed by atoms with Gasteiger partial charge in [-0.2, -0.15) is 0 Å². The van der Waals surface area contributed by atoms with Crippen LogP contribution >= 0.6 is 0 Å². The first-order valence-corrected chi connectivity index (χ1v) is 8.87. The molecule has 0 fully saturated rings. The van der Waals surface area contributed by atoms with Crippen LogP contribution in [0.25, 0.3) is 0 Å². The Balaban J connectivity index is 2.64. The van der Waals surface area contributed by atoms with Crippen molar-refractivity contribution in [3.8, 4) is 0 Å². The number of unbranched alkanes of at least 4 members (excludes halogenated alkanes) is 1. The summed E-state index contributed by atoms with van der Waals surface area (Å²) in [6.45, 7) is 3.71. The largest absolute Gasteiger partial charge is 0.352 e. The molecule has 1 rings (SSSR count). The first-order chi connectivity index (χ1) is 10.4. The van der Waals surface area contributed by atoms with Crippen LogP contribution < -0.4 is 10.0 Å². The van der Waals surface area contributed by atoms with Crippen molar-refractivity contribution in [3.63, 3.8) is 0 Å². The van der Waals surface area contributed by atoms with E-state index in [9.17, 15) is 8.42 Å². The summed E-state index contributed by atoms with van der Waals surface area (Å²) < 4.78 is 25.6. The Morgan fingerprint density at radius 1 is 1.27 bits per heavy atom. The third kappa shape index (κ3) is 5.31. The van der Waals surface area contributed by atoms with Crippen molar-refractivity contribution in [1.29, 1.82) is 0 Å². The number of hydrogen-bond acceptors (Lipinski definition) is 3. The van der Waals surface area contributed by atoms with Gasteiger partial charge in [-0.15, -0.1) is 0 Å². The molecule has 7 heteroatoms. The van der Waals surface area contributed by atoms with E-state index >= 15 is 0 Å². The molecule has 1 aromatic rings. The maximum absolute atomic E-state index is 11.7. The highest BCUT2D eigenvalue weighted by molar-refractivity contribution is 7.89. The number of sulfonamides is 1. The highest BCUT2D eigenvalue weighted by Gasteiger charge is 2.10. The molecule has 0 aliphatic heterocycles. The van der Waals surface area contributed by atoms with Crippen molar-refractivity contribution in [3.05, 3.63) is 29.8 Å². The number of rotatable bonds is 7. The van der Waals surface area contributed by atoms with Crippen molar-refractivity contribution >= 4 is 16.0 Å². The van der Waals surface area contributed by atoms with E-state index in [1.807, 2.05) is 7.05 Å². The summed E-state index contributed by atoms with van der Waals surface area (Å²) in [6.07, 6.45) is 2.26. The van der Waals surface area contributed by atoms with E-state index in [2.05, 4.69) is 26.9 Å². The van der Waals surface area contributed by atoms with Gasteiger partial charge in [0.15, 0.2) is 5.96 Å². The molecule has 0 saturated heterocycles. The van der Waals surface area contributed by atoms with Crippen LogP contribution in [0.2, 0.25) is 0 Å². The van der Waals surface area contributed by atoms with Gasteiger partial charge in [-0.3, -0.25) is 4.99 Å². The van der Waals surface area contributed by atoms with Crippen LogP contribution in [-0.4, -0.2) is 47.0 Å². The van der Waals surface area contributed by atoms with Crippen LogP contribution in [-0.2, 0) is 16.6 Å². The highest BCUT2D eigenvalue weighted by Crippen LogP contribution is 2.10. The number of aliphatic imine (C=N–C) groups is 1. The molecular weight excluding hydrogens is 300 g/mol. The van der Waals surface area contributed by atoms with Crippen LogP contribution in [0.4, 0.5) is 0 Å². The predicted molar refractivity (Wildman–Crippen MR) is 90.4 cm³/mol. The summed E-state index contributed by atoms with van der Waals surface area (Å²) in [5.41, 5.74) is 1.00. The molecule has 0 atom stereocenters.